The van der Waals surface area contributed by atoms with E-state index in [0.717, 1.165) is 17.9 Å². The van der Waals surface area contributed by atoms with Crippen molar-refractivity contribution in [2.45, 2.75) is 44.9 Å². The van der Waals surface area contributed by atoms with Crippen LogP contribution in [0.3, 0.4) is 0 Å². The molecule has 2 rings (SSSR count). The smallest absolute Gasteiger partial charge is 0.348 e. The number of carbonyl (C=O) groups excluding carboxylic acids is 2. The zero-order valence-corrected chi connectivity index (χ0v) is 13.3. The number of amides is 2. The van der Waals surface area contributed by atoms with Crippen molar-refractivity contribution < 1.29 is 27.2 Å². The Morgan fingerprint density at radius 2 is 1.92 bits per heavy atom. The Morgan fingerprint density at radius 3 is 2.46 bits per heavy atom. The lowest BCUT2D eigenvalue weighted by Gasteiger charge is -2.40. The van der Waals surface area contributed by atoms with Crippen LogP contribution in [0.1, 0.15) is 35.7 Å². The standard InChI is InChI=1S/C16H18F4N2O2/c1-9-3-4-11(7-13(9)17)15(24)21-12-5-6-14(16(18,19)20)22(8-12)10(2)23/h3-4,7,12,14H,5-6,8H2,1-2H3,(H,21,24). The fourth-order valence-electron chi connectivity index (χ4n) is 2.78. The molecule has 2 amide bonds. The second-order valence-corrected chi connectivity index (χ2v) is 5.94. The molecule has 2 atom stereocenters. The maximum atomic E-state index is 13.5. The van der Waals surface area contributed by atoms with Crippen molar-refractivity contribution in [3.8, 4) is 0 Å². The van der Waals surface area contributed by atoms with Gasteiger partial charge in [-0.25, -0.2) is 4.39 Å². The van der Waals surface area contributed by atoms with E-state index >= 15 is 0 Å². The first-order valence-electron chi connectivity index (χ1n) is 7.50. The number of nitrogens with zero attached hydrogens (tertiary/aromatic N) is 1. The summed E-state index contributed by atoms with van der Waals surface area (Å²) in [5, 5.41) is 2.57. The number of benzene rings is 1. The summed E-state index contributed by atoms with van der Waals surface area (Å²) in [7, 11) is 0. The number of aryl methyl sites for hydroxylation is 1. The summed E-state index contributed by atoms with van der Waals surface area (Å²) in [6.07, 6.45) is -4.69. The molecule has 1 saturated heterocycles. The van der Waals surface area contributed by atoms with Crippen molar-refractivity contribution >= 4 is 11.8 Å². The van der Waals surface area contributed by atoms with Gasteiger partial charge in [-0.3, -0.25) is 9.59 Å². The quantitative estimate of drug-likeness (QED) is 0.837. The van der Waals surface area contributed by atoms with E-state index in [1.165, 1.54) is 12.1 Å². The van der Waals surface area contributed by atoms with E-state index in [2.05, 4.69) is 5.32 Å². The number of hydrogen-bond acceptors (Lipinski definition) is 2. The minimum absolute atomic E-state index is 0.0884. The second kappa shape index (κ2) is 6.78. The van der Waals surface area contributed by atoms with Crippen molar-refractivity contribution in [1.29, 1.82) is 0 Å². The molecule has 24 heavy (non-hydrogen) atoms. The van der Waals surface area contributed by atoms with E-state index in [1.807, 2.05) is 0 Å². The van der Waals surface area contributed by atoms with Crippen LogP contribution in [-0.2, 0) is 4.79 Å². The highest BCUT2D eigenvalue weighted by Crippen LogP contribution is 2.32. The minimum Gasteiger partial charge on any atom is -0.348 e. The number of rotatable bonds is 2. The lowest BCUT2D eigenvalue weighted by molar-refractivity contribution is -0.196. The first-order chi connectivity index (χ1) is 11.1. The molecule has 1 aliphatic rings. The Bertz CT molecular complexity index is 645. The van der Waals surface area contributed by atoms with Gasteiger partial charge in [-0.05, 0) is 37.5 Å². The molecular formula is C16H18F4N2O2. The van der Waals surface area contributed by atoms with Crippen LogP contribution in [0.4, 0.5) is 17.6 Å². The number of halogens is 4. The second-order valence-electron chi connectivity index (χ2n) is 5.94. The summed E-state index contributed by atoms with van der Waals surface area (Å²) in [5.41, 5.74) is 0.477. The van der Waals surface area contributed by atoms with Gasteiger partial charge in [0.1, 0.15) is 11.9 Å². The van der Waals surface area contributed by atoms with Gasteiger partial charge in [0, 0.05) is 25.1 Å². The van der Waals surface area contributed by atoms with Gasteiger partial charge < -0.3 is 10.2 Å². The molecule has 132 valence electrons. The van der Waals surface area contributed by atoms with Crippen LogP contribution >= 0.6 is 0 Å². The van der Waals surface area contributed by atoms with E-state index in [1.54, 1.807) is 6.92 Å². The molecule has 1 fully saturated rings. The molecule has 0 aromatic heterocycles. The van der Waals surface area contributed by atoms with Gasteiger partial charge in [-0.15, -0.1) is 0 Å². The molecule has 0 bridgehead atoms. The molecule has 1 heterocycles. The number of carbonyl (C=O) groups is 2. The molecule has 4 nitrogen and oxygen atoms in total. The summed E-state index contributed by atoms with van der Waals surface area (Å²) in [6, 6.07) is 1.53. The molecule has 1 aromatic rings. The first-order valence-corrected chi connectivity index (χ1v) is 7.50. The molecule has 2 unspecified atom stereocenters. The van der Waals surface area contributed by atoms with Gasteiger partial charge in [0.2, 0.25) is 5.91 Å². The van der Waals surface area contributed by atoms with Crippen molar-refractivity contribution in [1.82, 2.24) is 10.2 Å². The molecule has 0 spiro atoms. The molecule has 0 radical (unpaired) electrons. The molecule has 0 saturated carbocycles. The summed E-state index contributed by atoms with van der Waals surface area (Å²) in [4.78, 5) is 24.4. The number of alkyl halides is 3. The van der Waals surface area contributed by atoms with Crippen molar-refractivity contribution in [3.05, 3.63) is 35.1 Å². The average molecular weight is 346 g/mol. The van der Waals surface area contributed by atoms with Gasteiger partial charge in [-0.1, -0.05) is 6.07 Å². The van der Waals surface area contributed by atoms with Gasteiger partial charge in [0.15, 0.2) is 0 Å². The normalized spacial score (nSPS) is 21.5. The third kappa shape index (κ3) is 4.04. The lowest BCUT2D eigenvalue weighted by Crippen LogP contribution is -2.57. The Labute approximate surface area is 136 Å². The number of likely N-dealkylation sites (tertiary alicyclic amines) is 1. The molecular weight excluding hydrogens is 328 g/mol. The van der Waals surface area contributed by atoms with E-state index in [-0.39, 0.29) is 24.9 Å². The highest BCUT2D eigenvalue weighted by molar-refractivity contribution is 5.94. The third-order valence-electron chi connectivity index (χ3n) is 4.13. The molecule has 8 heteroatoms. The third-order valence-corrected chi connectivity index (χ3v) is 4.13. The summed E-state index contributed by atoms with van der Waals surface area (Å²) in [6.45, 7) is 2.40. The topological polar surface area (TPSA) is 49.4 Å². The molecule has 0 aliphatic carbocycles. The summed E-state index contributed by atoms with van der Waals surface area (Å²) < 4.78 is 52.4. The molecule has 1 aliphatic heterocycles. The van der Waals surface area contributed by atoms with E-state index in [0.29, 0.717) is 5.56 Å². The Kier molecular flexibility index (Phi) is 5.15. The fraction of sp³-hybridized carbons (Fsp3) is 0.500. The van der Waals surface area contributed by atoms with Gasteiger partial charge >= 0.3 is 6.18 Å². The highest BCUT2D eigenvalue weighted by atomic mass is 19.4. The van der Waals surface area contributed by atoms with Crippen LogP contribution in [0, 0.1) is 12.7 Å². The molecule has 1 N–H and O–H groups in total. The fourth-order valence-corrected chi connectivity index (χ4v) is 2.78. The largest absolute Gasteiger partial charge is 0.408 e. The average Bonchev–Trinajstić information content (AvgIpc) is 2.48. The first kappa shape index (κ1) is 18.2. The van der Waals surface area contributed by atoms with Crippen LogP contribution in [0.25, 0.3) is 0 Å². The van der Waals surface area contributed by atoms with Gasteiger partial charge in [-0.2, -0.15) is 13.2 Å². The minimum atomic E-state index is -4.50. The van der Waals surface area contributed by atoms with Gasteiger partial charge in [0.05, 0.1) is 0 Å². The zero-order chi connectivity index (χ0) is 18.1. The van der Waals surface area contributed by atoms with E-state index in [4.69, 9.17) is 0 Å². The number of nitrogens with one attached hydrogen (secondary N) is 1. The molecule has 1 aromatic carbocycles. The predicted molar refractivity (Wildman–Crippen MR) is 78.9 cm³/mol. The zero-order valence-electron chi connectivity index (χ0n) is 13.3. The van der Waals surface area contributed by atoms with Crippen LogP contribution < -0.4 is 5.32 Å². The number of hydrogen-bond donors (Lipinski definition) is 1. The Morgan fingerprint density at radius 1 is 1.25 bits per heavy atom. The summed E-state index contributed by atoms with van der Waals surface area (Å²) in [5.74, 6) is -1.81. The van der Waals surface area contributed by atoms with Crippen molar-refractivity contribution in [2.24, 2.45) is 0 Å². The van der Waals surface area contributed by atoms with Crippen LogP contribution in [0.15, 0.2) is 18.2 Å². The van der Waals surface area contributed by atoms with Crippen LogP contribution in [0.5, 0.6) is 0 Å². The lowest BCUT2D eigenvalue weighted by atomic mass is 9.97. The Balaban J connectivity index is 2.07. The SMILES string of the molecule is CC(=O)N1CC(NC(=O)c2ccc(C)c(F)c2)CCC1C(F)(F)F. The van der Waals surface area contributed by atoms with Crippen molar-refractivity contribution in [2.75, 3.05) is 6.54 Å². The van der Waals surface area contributed by atoms with Crippen molar-refractivity contribution in [3.63, 3.8) is 0 Å². The van der Waals surface area contributed by atoms with E-state index < -0.39 is 35.9 Å². The predicted octanol–water partition coefficient (Wildman–Crippen LogP) is 2.81. The Hall–Kier alpha value is -2.12. The van der Waals surface area contributed by atoms with Gasteiger partial charge in [0.25, 0.3) is 5.91 Å². The van der Waals surface area contributed by atoms with Crippen LogP contribution in [0.2, 0.25) is 0 Å². The van der Waals surface area contributed by atoms with Crippen LogP contribution in [-0.4, -0.2) is 41.5 Å². The monoisotopic (exact) mass is 346 g/mol. The maximum absolute atomic E-state index is 13.5. The van der Waals surface area contributed by atoms with E-state index in [9.17, 15) is 27.2 Å². The highest BCUT2D eigenvalue weighted by Gasteiger charge is 2.47. The summed E-state index contributed by atoms with van der Waals surface area (Å²) >= 11 is 0. The maximum Gasteiger partial charge on any atom is 0.408 e. The number of piperidine rings is 1.